The Morgan fingerprint density at radius 1 is 0.950 bits per heavy atom. The van der Waals surface area contributed by atoms with Crippen molar-refractivity contribution in [2.45, 2.75) is 36.6 Å². The predicted molar refractivity (Wildman–Crippen MR) is 153 cm³/mol. The Kier molecular flexibility index (Phi) is 7.49. The van der Waals surface area contributed by atoms with E-state index in [4.69, 9.17) is 15.2 Å². The molecule has 1 heterocycles. The highest BCUT2D eigenvalue weighted by atomic mass is 19.1. The van der Waals surface area contributed by atoms with E-state index in [0.717, 1.165) is 17.5 Å². The van der Waals surface area contributed by atoms with Crippen LogP contribution in [0.2, 0.25) is 0 Å². The van der Waals surface area contributed by atoms with Crippen LogP contribution < -0.4 is 21.1 Å². The minimum Gasteiger partial charge on any atom is -0.486 e. The number of carbonyl (C=O) groups excluding carboxylic acids is 1. The van der Waals surface area contributed by atoms with Gasteiger partial charge in [-0.05, 0) is 34.4 Å². The molecule has 4 aromatic rings. The number of para-hydroxylation sites is 1. The van der Waals surface area contributed by atoms with E-state index in [0.29, 0.717) is 12.2 Å². The number of carbonyl (C=O) groups is 1. The number of nitrogens with one attached hydrogen (secondary N) is 2. The van der Waals surface area contributed by atoms with Gasteiger partial charge in [-0.3, -0.25) is 4.79 Å². The highest BCUT2D eigenvalue weighted by molar-refractivity contribution is 5.85. The standard InChI is InChI=1S/C33H32FN3O3/c34-26-16-9-17-27(32(26)39-20-24-19-36-30-25-15-8-7-14-23(25)18-28(30)40-24)37-31(33(35)38)29(21-10-3-1-4-11-21)22-12-5-2-6-13-22/h1-17,24,28-31,36-37H,18-20H2,(H2,35,38)/t24-,28-,30+,31-/m0/s1. The monoisotopic (exact) mass is 537 g/mol. The first-order valence-corrected chi connectivity index (χ1v) is 13.6. The molecule has 0 radical (unpaired) electrons. The number of hydrogen-bond acceptors (Lipinski definition) is 5. The van der Waals surface area contributed by atoms with Crippen LogP contribution in [-0.4, -0.2) is 37.3 Å². The zero-order chi connectivity index (χ0) is 27.5. The van der Waals surface area contributed by atoms with Gasteiger partial charge < -0.3 is 25.8 Å². The van der Waals surface area contributed by atoms with Crippen LogP contribution in [0.3, 0.4) is 0 Å². The Morgan fingerprint density at radius 3 is 2.33 bits per heavy atom. The van der Waals surface area contributed by atoms with Crippen molar-refractivity contribution >= 4 is 11.6 Å². The van der Waals surface area contributed by atoms with Crippen molar-refractivity contribution in [3.8, 4) is 5.75 Å². The third kappa shape index (κ3) is 5.30. The molecule has 1 aliphatic heterocycles. The molecule has 0 aromatic heterocycles. The lowest BCUT2D eigenvalue weighted by molar-refractivity contribution is -0.119. The molecule has 0 spiro atoms. The molecule has 0 bridgehead atoms. The van der Waals surface area contributed by atoms with E-state index in [2.05, 4.69) is 22.8 Å². The van der Waals surface area contributed by atoms with E-state index >= 15 is 4.39 Å². The fourth-order valence-corrected chi connectivity index (χ4v) is 5.91. The Bertz CT molecular complexity index is 1430. The second-order valence-electron chi connectivity index (χ2n) is 10.3. The van der Waals surface area contributed by atoms with Gasteiger partial charge in [-0.15, -0.1) is 0 Å². The number of halogens is 1. The van der Waals surface area contributed by atoms with Gasteiger partial charge in [0.25, 0.3) is 0 Å². The molecule has 6 rings (SSSR count). The molecule has 1 saturated heterocycles. The fraction of sp³-hybridized carbons (Fsp3) is 0.242. The zero-order valence-electron chi connectivity index (χ0n) is 22.0. The van der Waals surface area contributed by atoms with Crippen LogP contribution in [0.15, 0.2) is 103 Å². The highest BCUT2D eigenvalue weighted by Crippen LogP contribution is 2.37. The summed E-state index contributed by atoms with van der Waals surface area (Å²) in [6.07, 6.45) is 0.586. The third-order valence-corrected chi connectivity index (χ3v) is 7.76. The Morgan fingerprint density at radius 2 is 1.62 bits per heavy atom. The summed E-state index contributed by atoms with van der Waals surface area (Å²) < 4.78 is 27.6. The first-order chi connectivity index (χ1) is 19.6. The zero-order valence-corrected chi connectivity index (χ0v) is 22.0. The molecule has 7 heteroatoms. The quantitative estimate of drug-likeness (QED) is 0.281. The van der Waals surface area contributed by atoms with Crippen molar-refractivity contribution < 1.29 is 18.7 Å². The summed E-state index contributed by atoms with van der Waals surface area (Å²) in [7, 11) is 0. The summed E-state index contributed by atoms with van der Waals surface area (Å²) >= 11 is 0. The predicted octanol–water partition coefficient (Wildman–Crippen LogP) is 4.96. The van der Waals surface area contributed by atoms with E-state index in [-0.39, 0.29) is 30.6 Å². The maximum atomic E-state index is 15.2. The van der Waals surface area contributed by atoms with Gasteiger partial charge in [-0.2, -0.15) is 0 Å². The maximum Gasteiger partial charge on any atom is 0.240 e. The van der Waals surface area contributed by atoms with E-state index < -0.39 is 23.7 Å². The van der Waals surface area contributed by atoms with Crippen LogP contribution in [0.5, 0.6) is 5.75 Å². The van der Waals surface area contributed by atoms with Crippen LogP contribution in [-0.2, 0) is 16.0 Å². The summed E-state index contributed by atoms with van der Waals surface area (Å²) in [6.45, 7) is 0.741. The van der Waals surface area contributed by atoms with Gasteiger partial charge in [-0.1, -0.05) is 91.0 Å². The number of primary amides is 1. The van der Waals surface area contributed by atoms with Crippen LogP contribution in [0, 0.1) is 5.82 Å². The number of ether oxygens (including phenoxy) is 2. The number of hydrogen-bond donors (Lipinski definition) is 3. The van der Waals surface area contributed by atoms with E-state index in [1.165, 1.54) is 17.2 Å². The van der Waals surface area contributed by atoms with Gasteiger partial charge in [0, 0.05) is 18.9 Å². The van der Waals surface area contributed by atoms with Gasteiger partial charge in [0.2, 0.25) is 5.91 Å². The van der Waals surface area contributed by atoms with Crippen molar-refractivity contribution in [3.05, 3.63) is 131 Å². The van der Waals surface area contributed by atoms with Crippen LogP contribution in [0.1, 0.15) is 34.2 Å². The second kappa shape index (κ2) is 11.5. The number of rotatable bonds is 9. The van der Waals surface area contributed by atoms with Crippen LogP contribution >= 0.6 is 0 Å². The Hall–Kier alpha value is -4.20. The maximum absolute atomic E-state index is 15.2. The molecule has 0 saturated carbocycles. The SMILES string of the molecule is NC(=O)[C@@H](Nc1cccc(F)c1OC[C@@H]1CN[C@@H]2c3ccccc3C[C@@H]2O1)C(c1ccccc1)c1ccccc1. The molecule has 40 heavy (non-hydrogen) atoms. The van der Waals surface area contributed by atoms with Crippen LogP contribution in [0.25, 0.3) is 0 Å². The van der Waals surface area contributed by atoms with Crippen LogP contribution in [0.4, 0.5) is 10.1 Å². The second-order valence-corrected chi connectivity index (χ2v) is 10.3. The number of anilines is 1. The lowest BCUT2D eigenvalue weighted by atomic mass is 9.84. The van der Waals surface area contributed by atoms with Crippen molar-refractivity contribution in [2.24, 2.45) is 5.73 Å². The minimum absolute atomic E-state index is 0.00899. The summed E-state index contributed by atoms with van der Waals surface area (Å²) in [5, 5.41) is 6.80. The molecule has 1 fully saturated rings. The van der Waals surface area contributed by atoms with Gasteiger partial charge in [-0.25, -0.2) is 4.39 Å². The smallest absolute Gasteiger partial charge is 0.240 e. The van der Waals surface area contributed by atoms with Gasteiger partial charge in [0.1, 0.15) is 18.8 Å². The first kappa shape index (κ1) is 26.0. The molecule has 6 nitrogen and oxygen atoms in total. The fourth-order valence-electron chi connectivity index (χ4n) is 5.91. The molecule has 4 aromatic carbocycles. The minimum atomic E-state index is -0.862. The van der Waals surface area contributed by atoms with Crippen molar-refractivity contribution in [2.75, 3.05) is 18.5 Å². The molecule has 1 amide bonds. The molecule has 1 aliphatic carbocycles. The lowest BCUT2D eigenvalue weighted by Crippen LogP contribution is -2.47. The summed E-state index contributed by atoms with van der Waals surface area (Å²) in [6, 6.07) is 31.6. The number of nitrogens with two attached hydrogens (primary N) is 1. The Labute approximate surface area is 233 Å². The van der Waals surface area contributed by atoms with Crippen molar-refractivity contribution in [1.29, 1.82) is 0 Å². The third-order valence-electron chi connectivity index (χ3n) is 7.76. The number of amides is 1. The average Bonchev–Trinajstić information content (AvgIpc) is 3.35. The van der Waals surface area contributed by atoms with Gasteiger partial charge in [0.15, 0.2) is 11.6 Å². The molecule has 0 unspecified atom stereocenters. The normalized spacial score (nSPS) is 20.4. The lowest BCUT2D eigenvalue weighted by Gasteiger charge is -2.34. The Balaban J connectivity index is 1.21. The molecular formula is C33H32FN3O3. The van der Waals surface area contributed by atoms with Gasteiger partial charge in [0.05, 0.1) is 17.8 Å². The summed E-state index contributed by atoms with van der Waals surface area (Å²) in [5.74, 6) is -1.45. The molecular weight excluding hydrogens is 505 g/mol. The molecule has 204 valence electrons. The average molecular weight is 538 g/mol. The van der Waals surface area contributed by atoms with Crippen molar-refractivity contribution in [3.63, 3.8) is 0 Å². The first-order valence-electron chi connectivity index (χ1n) is 13.6. The number of morpholine rings is 1. The van der Waals surface area contributed by atoms with E-state index in [1.807, 2.05) is 72.8 Å². The molecule has 2 aliphatic rings. The molecule has 4 N–H and O–H groups in total. The summed E-state index contributed by atoms with van der Waals surface area (Å²) in [5.41, 5.74) is 10.7. The molecule has 4 atom stereocenters. The number of benzene rings is 4. The van der Waals surface area contributed by atoms with Gasteiger partial charge >= 0.3 is 0 Å². The van der Waals surface area contributed by atoms with Crippen molar-refractivity contribution in [1.82, 2.24) is 5.32 Å². The topological polar surface area (TPSA) is 85.6 Å². The van der Waals surface area contributed by atoms with E-state index in [1.54, 1.807) is 12.1 Å². The summed E-state index contributed by atoms with van der Waals surface area (Å²) in [4.78, 5) is 12.9. The van der Waals surface area contributed by atoms with E-state index in [9.17, 15) is 4.79 Å². The highest BCUT2D eigenvalue weighted by Gasteiger charge is 2.38. The largest absolute Gasteiger partial charge is 0.486 e. The number of fused-ring (bicyclic) bond motifs is 3.